The van der Waals surface area contributed by atoms with E-state index < -0.39 is 17.9 Å². The molecule has 0 bridgehead atoms. The summed E-state index contributed by atoms with van der Waals surface area (Å²) < 4.78 is 5.70. The Balaban J connectivity index is 1.84. The van der Waals surface area contributed by atoms with E-state index in [9.17, 15) is 14.4 Å². The summed E-state index contributed by atoms with van der Waals surface area (Å²) in [6.45, 7) is 7.48. The first-order valence-electron chi connectivity index (χ1n) is 10.0. The highest BCUT2D eigenvalue weighted by atomic mass is 16.5. The van der Waals surface area contributed by atoms with E-state index >= 15 is 0 Å². The highest BCUT2D eigenvalue weighted by Crippen LogP contribution is 2.20. The van der Waals surface area contributed by atoms with Crippen molar-refractivity contribution in [2.24, 2.45) is 0 Å². The Hall–Kier alpha value is -3.35. The van der Waals surface area contributed by atoms with E-state index in [1.54, 1.807) is 31.2 Å². The third-order valence-corrected chi connectivity index (χ3v) is 4.50. The van der Waals surface area contributed by atoms with E-state index in [-0.39, 0.29) is 5.91 Å². The molecule has 0 heterocycles. The quantitative estimate of drug-likeness (QED) is 0.578. The SMILES string of the molecule is CCCCC(=O)Nc1ccc(C(=O)NNC(=O)C(C)Oc2cc(C)ccc2C)cc1. The van der Waals surface area contributed by atoms with Gasteiger partial charge in [-0.05, 0) is 68.7 Å². The summed E-state index contributed by atoms with van der Waals surface area (Å²) in [5, 5.41) is 2.78. The van der Waals surface area contributed by atoms with Crippen molar-refractivity contribution in [3.05, 3.63) is 59.2 Å². The molecule has 0 aliphatic heterocycles. The number of nitrogens with one attached hydrogen (secondary N) is 3. The van der Waals surface area contributed by atoms with Crippen LogP contribution in [0.5, 0.6) is 5.75 Å². The van der Waals surface area contributed by atoms with Gasteiger partial charge in [0.25, 0.3) is 11.8 Å². The first-order valence-corrected chi connectivity index (χ1v) is 10.0. The fourth-order valence-electron chi connectivity index (χ4n) is 2.64. The third kappa shape index (κ3) is 6.92. The van der Waals surface area contributed by atoms with E-state index in [0.717, 1.165) is 24.0 Å². The van der Waals surface area contributed by atoms with Crippen LogP contribution in [0, 0.1) is 13.8 Å². The smallest absolute Gasteiger partial charge is 0.279 e. The van der Waals surface area contributed by atoms with Crippen LogP contribution in [0.3, 0.4) is 0 Å². The molecule has 0 saturated heterocycles. The molecular formula is C23H29N3O4. The van der Waals surface area contributed by atoms with Gasteiger partial charge in [0.15, 0.2) is 6.10 Å². The summed E-state index contributed by atoms with van der Waals surface area (Å²) in [5.74, 6) is -0.366. The number of ether oxygens (including phenoxy) is 1. The van der Waals surface area contributed by atoms with Crippen molar-refractivity contribution in [2.45, 2.75) is 53.1 Å². The van der Waals surface area contributed by atoms with Crippen molar-refractivity contribution in [1.82, 2.24) is 10.9 Å². The molecule has 0 fully saturated rings. The number of hydrazine groups is 1. The van der Waals surface area contributed by atoms with Crippen LogP contribution in [0.1, 0.15) is 54.6 Å². The molecule has 1 unspecified atom stereocenters. The Morgan fingerprint density at radius 3 is 2.37 bits per heavy atom. The number of amides is 3. The lowest BCUT2D eigenvalue weighted by atomic mass is 10.1. The summed E-state index contributed by atoms with van der Waals surface area (Å²) >= 11 is 0. The van der Waals surface area contributed by atoms with Gasteiger partial charge in [-0.3, -0.25) is 25.2 Å². The van der Waals surface area contributed by atoms with Crippen LogP contribution < -0.4 is 20.9 Å². The highest BCUT2D eigenvalue weighted by Gasteiger charge is 2.17. The zero-order chi connectivity index (χ0) is 22.1. The van der Waals surface area contributed by atoms with Gasteiger partial charge in [-0.1, -0.05) is 25.5 Å². The Morgan fingerprint density at radius 1 is 1.00 bits per heavy atom. The molecular weight excluding hydrogens is 382 g/mol. The van der Waals surface area contributed by atoms with Gasteiger partial charge < -0.3 is 10.1 Å². The summed E-state index contributed by atoms with van der Waals surface area (Å²) in [6, 6.07) is 12.2. The maximum Gasteiger partial charge on any atom is 0.279 e. The molecule has 0 aliphatic carbocycles. The maximum absolute atomic E-state index is 12.2. The molecule has 3 amide bonds. The number of hydrogen-bond acceptors (Lipinski definition) is 4. The van der Waals surface area contributed by atoms with Gasteiger partial charge in [0.05, 0.1) is 0 Å². The fourth-order valence-corrected chi connectivity index (χ4v) is 2.64. The van der Waals surface area contributed by atoms with Crippen LogP contribution >= 0.6 is 0 Å². The minimum atomic E-state index is -0.786. The van der Waals surface area contributed by atoms with Gasteiger partial charge >= 0.3 is 0 Å². The lowest BCUT2D eigenvalue weighted by Crippen LogP contribution is -2.47. The highest BCUT2D eigenvalue weighted by molar-refractivity contribution is 5.97. The van der Waals surface area contributed by atoms with Crippen molar-refractivity contribution >= 4 is 23.4 Å². The molecule has 2 rings (SSSR count). The second kappa shape index (κ2) is 11.0. The molecule has 0 radical (unpaired) electrons. The lowest BCUT2D eigenvalue weighted by molar-refractivity contribution is -0.128. The van der Waals surface area contributed by atoms with Gasteiger partial charge in [-0.2, -0.15) is 0 Å². The number of carbonyl (C=O) groups excluding carboxylic acids is 3. The number of benzene rings is 2. The van der Waals surface area contributed by atoms with Gasteiger partial charge in [-0.15, -0.1) is 0 Å². The van der Waals surface area contributed by atoms with Crippen LogP contribution in [-0.2, 0) is 9.59 Å². The molecule has 30 heavy (non-hydrogen) atoms. The number of carbonyl (C=O) groups is 3. The van der Waals surface area contributed by atoms with E-state index in [4.69, 9.17) is 4.74 Å². The number of hydrogen-bond donors (Lipinski definition) is 3. The number of anilines is 1. The topological polar surface area (TPSA) is 96.5 Å². The number of unbranched alkanes of at least 4 members (excludes halogenated alkanes) is 1. The zero-order valence-electron chi connectivity index (χ0n) is 17.9. The van der Waals surface area contributed by atoms with Crippen LogP contribution in [0.15, 0.2) is 42.5 Å². The second-order valence-electron chi connectivity index (χ2n) is 7.20. The molecule has 0 aromatic heterocycles. The zero-order valence-corrected chi connectivity index (χ0v) is 17.9. The van der Waals surface area contributed by atoms with Crippen LogP contribution in [-0.4, -0.2) is 23.8 Å². The standard InChI is InChI=1S/C23H29N3O4/c1-5-6-7-21(27)24-19-12-10-18(11-13-19)23(29)26-25-22(28)17(4)30-20-14-15(2)8-9-16(20)3/h8-14,17H,5-7H2,1-4H3,(H,24,27)(H,25,28)(H,26,29). The summed E-state index contributed by atoms with van der Waals surface area (Å²) in [5.41, 5.74) is 7.67. The van der Waals surface area contributed by atoms with Crippen molar-refractivity contribution in [3.63, 3.8) is 0 Å². The summed E-state index contributed by atoms with van der Waals surface area (Å²) in [4.78, 5) is 36.2. The van der Waals surface area contributed by atoms with Crippen molar-refractivity contribution in [2.75, 3.05) is 5.32 Å². The normalized spacial score (nSPS) is 11.3. The first-order chi connectivity index (χ1) is 14.3. The molecule has 0 spiro atoms. The number of rotatable bonds is 8. The van der Waals surface area contributed by atoms with Gasteiger partial charge in [0, 0.05) is 17.7 Å². The predicted molar refractivity (Wildman–Crippen MR) is 116 cm³/mol. The molecule has 7 heteroatoms. The third-order valence-electron chi connectivity index (χ3n) is 4.50. The Labute approximate surface area is 177 Å². The molecule has 3 N–H and O–H groups in total. The minimum absolute atomic E-state index is 0.0563. The van der Waals surface area contributed by atoms with Crippen molar-refractivity contribution in [3.8, 4) is 5.75 Å². The average Bonchev–Trinajstić information content (AvgIpc) is 2.73. The molecule has 2 aromatic carbocycles. The summed E-state index contributed by atoms with van der Waals surface area (Å²) in [6.07, 6.45) is 1.46. The summed E-state index contributed by atoms with van der Waals surface area (Å²) in [7, 11) is 0. The second-order valence-corrected chi connectivity index (χ2v) is 7.20. The van der Waals surface area contributed by atoms with Crippen LogP contribution in [0.4, 0.5) is 5.69 Å². The van der Waals surface area contributed by atoms with E-state index in [1.807, 2.05) is 39.0 Å². The fraction of sp³-hybridized carbons (Fsp3) is 0.348. The predicted octanol–water partition coefficient (Wildman–Crippen LogP) is 3.66. The molecule has 1 atom stereocenters. The molecule has 0 saturated carbocycles. The first kappa shape index (κ1) is 22.9. The van der Waals surface area contributed by atoms with E-state index in [1.165, 1.54) is 0 Å². The van der Waals surface area contributed by atoms with Gasteiger partial charge in [0.2, 0.25) is 5.91 Å². The Bertz CT molecular complexity index is 894. The average molecular weight is 412 g/mol. The minimum Gasteiger partial charge on any atom is -0.481 e. The molecule has 2 aromatic rings. The largest absolute Gasteiger partial charge is 0.481 e. The van der Waals surface area contributed by atoms with E-state index in [2.05, 4.69) is 16.2 Å². The molecule has 0 aliphatic rings. The van der Waals surface area contributed by atoms with Gasteiger partial charge in [0.1, 0.15) is 5.75 Å². The molecule has 7 nitrogen and oxygen atoms in total. The lowest BCUT2D eigenvalue weighted by Gasteiger charge is -2.17. The van der Waals surface area contributed by atoms with E-state index in [0.29, 0.717) is 23.4 Å². The Kier molecular flexibility index (Phi) is 8.41. The monoisotopic (exact) mass is 411 g/mol. The van der Waals surface area contributed by atoms with Crippen molar-refractivity contribution < 1.29 is 19.1 Å². The van der Waals surface area contributed by atoms with Gasteiger partial charge in [-0.25, -0.2) is 0 Å². The van der Waals surface area contributed by atoms with Crippen molar-refractivity contribution in [1.29, 1.82) is 0 Å². The van der Waals surface area contributed by atoms with Crippen LogP contribution in [0.25, 0.3) is 0 Å². The maximum atomic E-state index is 12.2. The Morgan fingerprint density at radius 2 is 1.70 bits per heavy atom. The number of aryl methyl sites for hydroxylation is 2. The van der Waals surface area contributed by atoms with Crippen LogP contribution in [0.2, 0.25) is 0 Å². The molecule has 160 valence electrons.